The Morgan fingerprint density at radius 3 is 2.48 bits per heavy atom. The summed E-state index contributed by atoms with van der Waals surface area (Å²) in [7, 11) is -3.27. The zero-order valence-electron chi connectivity index (χ0n) is 13.2. The number of hydrogen-bond donors (Lipinski definition) is 1. The van der Waals surface area contributed by atoms with Crippen LogP contribution in [0.4, 0.5) is 5.82 Å². The maximum atomic E-state index is 12.2. The first-order chi connectivity index (χ1) is 10.9. The van der Waals surface area contributed by atoms with Crippen molar-refractivity contribution in [1.82, 2.24) is 4.98 Å². The zero-order chi connectivity index (χ0) is 16.9. The molecule has 122 valence electrons. The molecule has 0 fully saturated rings. The highest BCUT2D eigenvalue weighted by Gasteiger charge is 2.14. The van der Waals surface area contributed by atoms with Gasteiger partial charge < -0.3 is 5.32 Å². The third-order valence-corrected chi connectivity index (χ3v) is 5.22. The highest BCUT2D eigenvalue weighted by Crippen LogP contribution is 2.15. The molecule has 6 heteroatoms. The summed E-state index contributed by atoms with van der Waals surface area (Å²) in [5.41, 5.74) is 1.38. The summed E-state index contributed by atoms with van der Waals surface area (Å²) in [6, 6.07) is 9.59. The van der Waals surface area contributed by atoms with Gasteiger partial charge in [-0.15, -0.1) is 0 Å². The lowest BCUT2D eigenvalue weighted by atomic mass is 10.2. The van der Waals surface area contributed by atoms with Gasteiger partial charge in [0.1, 0.15) is 5.82 Å². The van der Waals surface area contributed by atoms with Crippen molar-refractivity contribution in [3.63, 3.8) is 0 Å². The van der Waals surface area contributed by atoms with E-state index in [1.807, 2.05) is 19.9 Å². The Morgan fingerprint density at radius 1 is 1.17 bits per heavy atom. The van der Waals surface area contributed by atoms with Gasteiger partial charge in [0, 0.05) is 11.8 Å². The summed E-state index contributed by atoms with van der Waals surface area (Å²) in [5.74, 6) is 0.276. The quantitative estimate of drug-likeness (QED) is 0.881. The lowest BCUT2D eigenvalue weighted by Crippen LogP contribution is -2.13. The minimum atomic E-state index is -3.27. The Hall–Kier alpha value is -2.21. The molecule has 1 heterocycles. The van der Waals surface area contributed by atoms with Crippen LogP contribution in [-0.4, -0.2) is 25.1 Å². The van der Waals surface area contributed by atoms with E-state index in [2.05, 4.69) is 10.3 Å². The Bertz CT molecular complexity index is 784. The SMILES string of the molecule is CCCCS(=O)(=O)c1ccc(C(=O)Nc2cc(C)ccn2)cc1. The summed E-state index contributed by atoms with van der Waals surface area (Å²) < 4.78 is 24.2. The lowest BCUT2D eigenvalue weighted by Gasteiger charge is -2.07. The molecule has 0 spiro atoms. The zero-order valence-corrected chi connectivity index (χ0v) is 14.1. The minimum Gasteiger partial charge on any atom is -0.307 e. The van der Waals surface area contributed by atoms with Crippen LogP contribution in [0, 0.1) is 6.92 Å². The average molecular weight is 332 g/mol. The van der Waals surface area contributed by atoms with E-state index in [-0.39, 0.29) is 16.6 Å². The fourth-order valence-corrected chi connectivity index (χ4v) is 3.51. The van der Waals surface area contributed by atoms with E-state index < -0.39 is 9.84 Å². The second-order valence-corrected chi connectivity index (χ2v) is 7.48. The molecule has 2 rings (SSSR count). The van der Waals surface area contributed by atoms with Gasteiger partial charge >= 0.3 is 0 Å². The van der Waals surface area contributed by atoms with Crippen molar-refractivity contribution in [2.24, 2.45) is 0 Å². The number of aryl methyl sites for hydroxylation is 1. The third kappa shape index (κ3) is 4.63. The second kappa shape index (κ2) is 7.37. The number of nitrogens with one attached hydrogen (secondary N) is 1. The predicted molar refractivity (Wildman–Crippen MR) is 90.3 cm³/mol. The van der Waals surface area contributed by atoms with Gasteiger partial charge in [-0.05, 0) is 55.3 Å². The number of sulfone groups is 1. The minimum absolute atomic E-state index is 0.127. The molecule has 1 N–H and O–H groups in total. The molecule has 0 bridgehead atoms. The Kier molecular flexibility index (Phi) is 5.50. The number of nitrogens with zero attached hydrogens (tertiary/aromatic N) is 1. The van der Waals surface area contributed by atoms with Gasteiger partial charge in [0.25, 0.3) is 5.91 Å². The van der Waals surface area contributed by atoms with E-state index in [1.165, 1.54) is 24.3 Å². The van der Waals surface area contributed by atoms with Gasteiger partial charge in [0.05, 0.1) is 10.6 Å². The molecule has 0 saturated heterocycles. The van der Waals surface area contributed by atoms with Crippen LogP contribution in [0.1, 0.15) is 35.7 Å². The molecule has 5 nitrogen and oxygen atoms in total. The van der Waals surface area contributed by atoms with Crippen LogP contribution in [0.25, 0.3) is 0 Å². The van der Waals surface area contributed by atoms with E-state index in [0.29, 0.717) is 17.8 Å². The summed E-state index contributed by atoms with van der Waals surface area (Å²) in [6.07, 6.45) is 3.07. The topological polar surface area (TPSA) is 76.1 Å². The molecule has 1 amide bonds. The fraction of sp³-hybridized carbons (Fsp3) is 0.294. The number of carbonyl (C=O) groups is 1. The summed E-state index contributed by atoms with van der Waals surface area (Å²) >= 11 is 0. The standard InChI is InChI=1S/C17H20N2O3S/c1-3-4-11-23(21,22)15-7-5-14(6-8-15)17(20)19-16-12-13(2)9-10-18-16/h5-10,12H,3-4,11H2,1-2H3,(H,18,19,20). The average Bonchev–Trinajstić information content (AvgIpc) is 2.53. The Labute approximate surface area is 136 Å². The molecule has 0 aliphatic carbocycles. The van der Waals surface area contributed by atoms with Crippen molar-refractivity contribution in [3.05, 3.63) is 53.7 Å². The maximum Gasteiger partial charge on any atom is 0.256 e. The molecule has 0 aliphatic rings. The summed E-state index contributed by atoms with van der Waals surface area (Å²) in [6.45, 7) is 3.86. The van der Waals surface area contributed by atoms with Crippen molar-refractivity contribution in [1.29, 1.82) is 0 Å². The molecule has 0 radical (unpaired) electrons. The highest BCUT2D eigenvalue weighted by atomic mass is 32.2. The smallest absolute Gasteiger partial charge is 0.256 e. The van der Waals surface area contributed by atoms with Crippen molar-refractivity contribution < 1.29 is 13.2 Å². The van der Waals surface area contributed by atoms with Crippen LogP contribution in [0.3, 0.4) is 0 Å². The molecule has 23 heavy (non-hydrogen) atoms. The lowest BCUT2D eigenvalue weighted by molar-refractivity contribution is 0.102. The van der Waals surface area contributed by atoms with Gasteiger partial charge in [0.15, 0.2) is 9.84 Å². The molecule has 1 aromatic heterocycles. The number of aromatic nitrogens is 1. The number of anilines is 1. The van der Waals surface area contributed by atoms with Gasteiger partial charge in [-0.25, -0.2) is 13.4 Å². The molecular formula is C17H20N2O3S. The molecule has 0 aliphatic heterocycles. The van der Waals surface area contributed by atoms with Crippen molar-refractivity contribution >= 4 is 21.6 Å². The van der Waals surface area contributed by atoms with Gasteiger partial charge in [-0.3, -0.25) is 4.79 Å². The first-order valence-corrected chi connectivity index (χ1v) is 9.14. The number of benzene rings is 1. The third-order valence-electron chi connectivity index (χ3n) is 3.40. The Morgan fingerprint density at radius 2 is 1.87 bits per heavy atom. The summed E-state index contributed by atoms with van der Waals surface area (Å²) in [5, 5.41) is 2.69. The fourth-order valence-electron chi connectivity index (χ4n) is 2.06. The Balaban J connectivity index is 2.11. The second-order valence-electron chi connectivity index (χ2n) is 5.37. The van der Waals surface area contributed by atoms with E-state index in [0.717, 1.165) is 12.0 Å². The van der Waals surface area contributed by atoms with Crippen molar-refractivity contribution in [2.75, 3.05) is 11.1 Å². The number of rotatable bonds is 6. The first kappa shape index (κ1) is 17.1. The van der Waals surface area contributed by atoms with Crippen molar-refractivity contribution in [3.8, 4) is 0 Å². The largest absolute Gasteiger partial charge is 0.307 e. The molecule has 0 unspecified atom stereocenters. The van der Waals surface area contributed by atoms with E-state index >= 15 is 0 Å². The number of hydrogen-bond acceptors (Lipinski definition) is 4. The predicted octanol–water partition coefficient (Wildman–Crippen LogP) is 3.22. The van der Waals surface area contributed by atoms with Crippen LogP contribution in [0.15, 0.2) is 47.5 Å². The number of amides is 1. The monoisotopic (exact) mass is 332 g/mol. The molecule has 0 atom stereocenters. The number of carbonyl (C=O) groups excluding carboxylic acids is 1. The molecular weight excluding hydrogens is 312 g/mol. The van der Waals surface area contributed by atoms with Crippen LogP contribution >= 0.6 is 0 Å². The molecule has 1 aromatic carbocycles. The van der Waals surface area contributed by atoms with Crippen molar-refractivity contribution in [2.45, 2.75) is 31.6 Å². The van der Waals surface area contributed by atoms with E-state index in [9.17, 15) is 13.2 Å². The number of pyridine rings is 1. The van der Waals surface area contributed by atoms with Crippen LogP contribution in [-0.2, 0) is 9.84 Å². The molecule has 2 aromatic rings. The maximum absolute atomic E-state index is 12.2. The highest BCUT2D eigenvalue weighted by molar-refractivity contribution is 7.91. The molecule has 0 saturated carbocycles. The van der Waals surface area contributed by atoms with Gasteiger partial charge in [-0.2, -0.15) is 0 Å². The normalized spacial score (nSPS) is 11.2. The van der Waals surface area contributed by atoms with Crippen LogP contribution in [0.2, 0.25) is 0 Å². The van der Waals surface area contributed by atoms with E-state index in [4.69, 9.17) is 0 Å². The van der Waals surface area contributed by atoms with Crippen LogP contribution in [0.5, 0.6) is 0 Å². The first-order valence-electron chi connectivity index (χ1n) is 7.49. The number of unbranched alkanes of at least 4 members (excludes halogenated alkanes) is 1. The van der Waals surface area contributed by atoms with Crippen LogP contribution < -0.4 is 5.32 Å². The van der Waals surface area contributed by atoms with Gasteiger partial charge in [0.2, 0.25) is 0 Å². The summed E-state index contributed by atoms with van der Waals surface area (Å²) in [4.78, 5) is 16.5. The van der Waals surface area contributed by atoms with E-state index in [1.54, 1.807) is 12.3 Å². The van der Waals surface area contributed by atoms with Gasteiger partial charge in [-0.1, -0.05) is 13.3 Å².